The molecule has 0 saturated heterocycles. The lowest BCUT2D eigenvalue weighted by Crippen LogP contribution is -2.18. The van der Waals surface area contributed by atoms with Gasteiger partial charge in [0.05, 0.1) is 30.4 Å². The summed E-state index contributed by atoms with van der Waals surface area (Å²) >= 11 is 0. The Morgan fingerprint density at radius 1 is 1.11 bits per heavy atom. The van der Waals surface area contributed by atoms with Gasteiger partial charge in [-0.25, -0.2) is 14.6 Å². The fourth-order valence-electron chi connectivity index (χ4n) is 4.79. The standard InChI is InChI=1S/C28H27N7O3/c36-27(37)17-25(23-5-1-6-26(33-23)34-14-3-13-30-34)35-24-10-9-22(16-20(24)18-31-35)38-15-11-21-8-7-19-4-2-12-29-28(19)32-21/h1,3,5-10,13-14,16,18,25H,2,4,11-12,15,17H2,(H,29,32)(H,36,37). The number of aryl methyl sites for hydroxylation is 1. The number of aliphatic carboxylic acids is 1. The number of ether oxygens (including phenoxy) is 1. The lowest BCUT2D eigenvalue weighted by atomic mass is 10.1. The number of nitrogens with one attached hydrogen (secondary N) is 1. The van der Waals surface area contributed by atoms with E-state index in [0.29, 0.717) is 24.5 Å². The Bertz CT molecular complexity index is 1580. The minimum absolute atomic E-state index is 0.159. The molecule has 1 aliphatic rings. The second-order valence-corrected chi connectivity index (χ2v) is 9.23. The Kier molecular flexibility index (Phi) is 6.43. The predicted octanol–water partition coefficient (Wildman–Crippen LogP) is 4.06. The number of nitrogens with zero attached hydrogens (tertiary/aromatic N) is 6. The van der Waals surface area contributed by atoms with Gasteiger partial charge in [-0.15, -0.1) is 0 Å². The van der Waals surface area contributed by atoms with E-state index >= 15 is 0 Å². The average Bonchev–Trinajstić information content (AvgIpc) is 3.62. The number of carbonyl (C=O) groups is 1. The van der Waals surface area contributed by atoms with Crippen molar-refractivity contribution in [3.63, 3.8) is 0 Å². The molecule has 0 saturated carbocycles. The van der Waals surface area contributed by atoms with Crippen molar-refractivity contribution >= 4 is 22.7 Å². The molecule has 0 fully saturated rings. The van der Waals surface area contributed by atoms with Crippen LogP contribution in [0.1, 0.15) is 35.8 Å². The van der Waals surface area contributed by atoms with E-state index in [2.05, 4.69) is 32.6 Å². The molecule has 6 rings (SSSR count). The van der Waals surface area contributed by atoms with Crippen molar-refractivity contribution in [1.29, 1.82) is 0 Å². The zero-order valence-electron chi connectivity index (χ0n) is 20.7. The maximum atomic E-state index is 11.8. The van der Waals surface area contributed by atoms with E-state index in [9.17, 15) is 9.90 Å². The zero-order chi connectivity index (χ0) is 25.9. The second-order valence-electron chi connectivity index (χ2n) is 9.23. The number of rotatable bonds is 9. The van der Waals surface area contributed by atoms with Gasteiger partial charge in [0.2, 0.25) is 0 Å². The molecule has 1 aliphatic heterocycles. The SMILES string of the molecule is O=C(O)CC(c1cccc(-n2cccn2)n1)n1ncc2cc(OCCc3ccc4c(n3)NCCC4)ccc21. The summed E-state index contributed by atoms with van der Waals surface area (Å²) in [6.45, 7) is 1.46. The van der Waals surface area contributed by atoms with E-state index in [1.165, 1.54) is 5.56 Å². The highest BCUT2D eigenvalue weighted by atomic mass is 16.5. The highest BCUT2D eigenvalue weighted by molar-refractivity contribution is 5.81. The van der Waals surface area contributed by atoms with E-state index in [1.54, 1.807) is 28.0 Å². The van der Waals surface area contributed by atoms with Gasteiger partial charge < -0.3 is 15.2 Å². The number of carboxylic acids is 1. The van der Waals surface area contributed by atoms with Crippen molar-refractivity contribution in [3.8, 4) is 11.6 Å². The average molecular weight is 510 g/mol. The van der Waals surface area contributed by atoms with E-state index in [0.717, 1.165) is 47.6 Å². The Balaban J connectivity index is 1.20. The first kappa shape index (κ1) is 23.7. The highest BCUT2D eigenvalue weighted by Crippen LogP contribution is 2.28. The van der Waals surface area contributed by atoms with Crippen molar-refractivity contribution < 1.29 is 14.6 Å². The summed E-state index contributed by atoms with van der Waals surface area (Å²) in [6.07, 6.45) is 7.94. The summed E-state index contributed by atoms with van der Waals surface area (Å²) in [5.74, 6) is 1.39. The Morgan fingerprint density at radius 2 is 2.05 bits per heavy atom. The van der Waals surface area contributed by atoms with Crippen molar-refractivity contribution in [1.82, 2.24) is 29.5 Å². The molecule has 10 heteroatoms. The molecule has 5 heterocycles. The molecule has 192 valence electrons. The number of hydrogen-bond donors (Lipinski definition) is 2. The number of pyridine rings is 2. The Hall–Kier alpha value is -4.73. The maximum absolute atomic E-state index is 11.8. The molecule has 1 atom stereocenters. The monoisotopic (exact) mass is 509 g/mol. The molecule has 0 bridgehead atoms. The summed E-state index contributed by atoms with van der Waals surface area (Å²) in [5.41, 5.74) is 3.66. The van der Waals surface area contributed by atoms with Crippen LogP contribution in [-0.2, 0) is 17.6 Å². The van der Waals surface area contributed by atoms with Crippen molar-refractivity contribution in [2.24, 2.45) is 0 Å². The fourth-order valence-corrected chi connectivity index (χ4v) is 4.79. The highest BCUT2D eigenvalue weighted by Gasteiger charge is 2.22. The third-order valence-electron chi connectivity index (χ3n) is 6.65. The third kappa shape index (κ3) is 4.93. The molecule has 0 amide bonds. The maximum Gasteiger partial charge on any atom is 0.305 e. The molecule has 5 aromatic rings. The number of fused-ring (bicyclic) bond motifs is 2. The van der Waals surface area contributed by atoms with Crippen molar-refractivity contribution in [2.45, 2.75) is 31.7 Å². The molecule has 38 heavy (non-hydrogen) atoms. The smallest absolute Gasteiger partial charge is 0.305 e. The van der Waals surface area contributed by atoms with E-state index in [1.807, 2.05) is 42.5 Å². The topological polar surface area (TPSA) is 120 Å². The minimum Gasteiger partial charge on any atom is -0.493 e. The fraction of sp³-hybridized carbons (Fsp3) is 0.250. The molecule has 2 N–H and O–H groups in total. The number of aromatic nitrogens is 6. The Morgan fingerprint density at radius 3 is 2.92 bits per heavy atom. The van der Waals surface area contributed by atoms with Gasteiger partial charge in [-0.2, -0.15) is 10.2 Å². The van der Waals surface area contributed by atoms with Gasteiger partial charge in [0, 0.05) is 36.4 Å². The van der Waals surface area contributed by atoms with Crippen LogP contribution in [-0.4, -0.2) is 53.8 Å². The molecule has 1 aromatic carbocycles. The molecule has 0 spiro atoms. The first-order chi connectivity index (χ1) is 18.6. The van der Waals surface area contributed by atoms with Crippen LogP contribution in [0.25, 0.3) is 16.7 Å². The predicted molar refractivity (Wildman–Crippen MR) is 142 cm³/mol. The lowest BCUT2D eigenvalue weighted by Gasteiger charge is -2.18. The van der Waals surface area contributed by atoms with Gasteiger partial charge in [0.1, 0.15) is 17.6 Å². The molecule has 0 radical (unpaired) electrons. The first-order valence-electron chi connectivity index (χ1n) is 12.7. The van der Waals surface area contributed by atoms with Gasteiger partial charge in [-0.3, -0.25) is 9.48 Å². The quantitative estimate of drug-likeness (QED) is 0.305. The molecule has 4 aromatic heterocycles. The molecular formula is C28H27N7O3. The summed E-state index contributed by atoms with van der Waals surface area (Å²) in [5, 5.41) is 22.7. The van der Waals surface area contributed by atoms with Gasteiger partial charge in [0.15, 0.2) is 5.82 Å². The van der Waals surface area contributed by atoms with Crippen LogP contribution >= 0.6 is 0 Å². The minimum atomic E-state index is -0.934. The molecule has 0 aliphatic carbocycles. The van der Waals surface area contributed by atoms with Crippen molar-refractivity contribution in [2.75, 3.05) is 18.5 Å². The van der Waals surface area contributed by atoms with Crippen LogP contribution in [0.2, 0.25) is 0 Å². The summed E-state index contributed by atoms with van der Waals surface area (Å²) in [6, 6.07) is 16.6. The zero-order valence-corrected chi connectivity index (χ0v) is 20.7. The molecule has 10 nitrogen and oxygen atoms in total. The van der Waals surface area contributed by atoms with E-state index < -0.39 is 12.0 Å². The van der Waals surface area contributed by atoms with Crippen LogP contribution < -0.4 is 10.1 Å². The van der Waals surface area contributed by atoms with Gasteiger partial charge in [-0.1, -0.05) is 12.1 Å². The van der Waals surface area contributed by atoms with Crippen LogP contribution in [0.3, 0.4) is 0 Å². The Labute approximate surface area is 218 Å². The van der Waals surface area contributed by atoms with Crippen LogP contribution in [0, 0.1) is 0 Å². The number of carboxylic acid groups (broad SMARTS) is 1. The second kappa shape index (κ2) is 10.3. The molecular weight excluding hydrogens is 482 g/mol. The number of benzene rings is 1. The number of anilines is 1. The van der Waals surface area contributed by atoms with E-state index in [-0.39, 0.29) is 6.42 Å². The summed E-state index contributed by atoms with van der Waals surface area (Å²) in [7, 11) is 0. The summed E-state index contributed by atoms with van der Waals surface area (Å²) < 4.78 is 9.38. The third-order valence-corrected chi connectivity index (χ3v) is 6.65. The van der Waals surface area contributed by atoms with E-state index in [4.69, 9.17) is 9.72 Å². The number of hydrogen-bond acceptors (Lipinski definition) is 7. The molecule has 1 unspecified atom stereocenters. The van der Waals surface area contributed by atoms with Gasteiger partial charge in [0.25, 0.3) is 0 Å². The van der Waals surface area contributed by atoms with Crippen LogP contribution in [0.5, 0.6) is 5.75 Å². The summed E-state index contributed by atoms with van der Waals surface area (Å²) in [4.78, 5) is 21.2. The van der Waals surface area contributed by atoms with Crippen molar-refractivity contribution in [3.05, 3.63) is 90.1 Å². The largest absolute Gasteiger partial charge is 0.493 e. The van der Waals surface area contributed by atoms with Gasteiger partial charge >= 0.3 is 5.97 Å². The first-order valence-corrected chi connectivity index (χ1v) is 12.7. The van der Waals surface area contributed by atoms with Gasteiger partial charge in [-0.05, 0) is 60.9 Å². The lowest BCUT2D eigenvalue weighted by molar-refractivity contribution is -0.137. The van der Waals surface area contributed by atoms with Crippen LogP contribution in [0.15, 0.2) is 73.2 Å². The normalized spacial score (nSPS) is 13.6. The van der Waals surface area contributed by atoms with Crippen LogP contribution in [0.4, 0.5) is 5.82 Å².